The Labute approximate surface area is 108 Å². The summed E-state index contributed by atoms with van der Waals surface area (Å²) in [6.45, 7) is 0. The van der Waals surface area contributed by atoms with Gasteiger partial charge in [-0.3, -0.25) is 0 Å². The predicted octanol–water partition coefficient (Wildman–Crippen LogP) is 2.90. The average molecular weight is 261 g/mol. The summed E-state index contributed by atoms with van der Waals surface area (Å²) < 4.78 is 5.33. The molecule has 2 heterocycles. The molecule has 1 aliphatic rings. The molecular weight excluding hydrogens is 250 g/mol. The molecule has 0 bridgehead atoms. The number of hydrogen-bond acceptors (Lipinski definition) is 4. The highest BCUT2D eigenvalue weighted by atomic mass is 32.1. The van der Waals surface area contributed by atoms with E-state index < -0.39 is 5.97 Å². The van der Waals surface area contributed by atoms with Gasteiger partial charge in [-0.2, -0.15) is 0 Å². The number of allylic oxidation sites excluding steroid dienone is 1. The second-order valence-electron chi connectivity index (χ2n) is 4.18. The molecule has 0 atom stereocenters. The van der Waals surface area contributed by atoms with Crippen molar-refractivity contribution in [1.82, 2.24) is 4.98 Å². The van der Waals surface area contributed by atoms with Crippen LogP contribution in [0.15, 0.2) is 34.5 Å². The van der Waals surface area contributed by atoms with E-state index in [2.05, 4.69) is 4.98 Å². The highest BCUT2D eigenvalue weighted by molar-refractivity contribution is 7.15. The van der Waals surface area contributed by atoms with Crippen LogP contribution in [-0.2, 0) is 17.6 Å². The van der Waals surface area contributed by atoms with Crippen molar-refractivity contribution in [1.29, 1.82) is 0 Å². The van der Waals surface area contributed by atoms with Gasteiger partial charge in [-0.25, -0.2) is 9.78 Å². The number of rotatable bonds is 2. The fourth-order valence-electron chi connectivity index (χ4n) is 2.09. The molecule has 92 valence electrons. The number of carboxylic acids is 1. The summed E-state index contributed by atoms with van der Waals surface area (Å²) in [5.74, 6) is -0.0950. The molecule has 0 radical (unpaired) electrons. The van der Waals surface area contributed by atoms with Gasteiger partial charge in [-0.05, 0) is 25.0 Å². The Balaban J connectivity index is 1.91. The number of aromatic nitrogens is 1. The number of aliphatic carboxylic acids is 1. The van der Waals surface area contributed by atoms with E-state index in [9.17, 15) is 4.79 Å². The lowest BCUT2D eigenvalue weighted by Gasteiger charge is -2.12. The van der Waals surface area contributed by atoms with Crippen LogP contribution in [0.4, 0.5) is 0 Å². The molecule has 0 saturated carbocycles. The minimum atomic E-state index is -0.871. The largest absolute Gasteiger partial charge is 0.478 e. The van der Waals surface area contributed by atoms with Crippen molar-refractivity contribution >= 4 is 17.3 Å². The lowest BCUT2D eigenvalue weighted by Crippen LogP contribution is -2.05. The van der Waals surface area contributed by atoms with Crippen LogP contribution in [0.25, 0.3) is 10.8 Å². The Morgan fingerprint density at radius 1 is 1.50 bits per heavy atom. The number of fused-ring (bicyclic) bond motifs is 1. The van der Waals surface area contributed by atoms with E-state index in [1.807, 2.05) is 12.1 Å². The van der Waals surface area contributed by atoms with E-state index >= 15 is 0 Å². The zero-order valence-electron chi connectivity index (χ0n) is 9.55. The van der Waals surface area contributed by atoms with E-state index in [0.29, 0.717) is 6.42 Å². The van der Waals surface area contributed by atoms with Crippen LogP contribution in [0.1, 0.15) is 17.0 Å². The van der Waals surface area contributed by atoms with Crippen LogP contribution in [-0.4, -0.2) is 16.1 Å². The van der Waals surface area contributed by atoms with Gasteiger partial charge < -0.3 is 9.52 Å². The molecular formula is C13H11NO3S. The van der Waals surface area contributed by atoms with Crippen LogP contribution in [0.2, 0.25) is 0 Å². The molecule has 0 unspecified atom stereocenters. The quantitative estimate of drug-likeness (QED) is 0.844. The van der Waals surface area contributed by atoms with Crippen molar-refractivity contribution in [2.75, 3.05) is 0 Å². The van der Waals surface area contributed by atoms with Crippen molar-refractivity contribution in [2.45, 2.75) is 19.3 Å². The van der Waals surface area contributed by atoms with Crippen molar-refractivity contribution in [3.05, 3.63) is 40.6 Å². The number of thiazole rings is 1. The zero-order chi connectivity index (χ0) is 12.5. The normalized spacial score (nSPS) is 16.8. The van der Waals surface area contributed by atoms with Gasteiger partial charge in [-0.1, -0.05) is 5.57 Å². The monoisotopic (exact) mass is 261 g/mol. The molecule has 0 aliphatic heterocycles. The van der Waals surface area contributed by atoms with Gasteiger partial charge in [-0.15, -0.1) is 11.3 Å². The molecule has 0 amide bonds. The summed E-state index contributed by atoms with van der Waals surface area (Å²) in [5, 5.41) is 9.64. The van der Waals surface area contributed by atoms with Gasteiger partial charge in [0.25, 0.3) is 0 Å². The molecule has 1 aliphatic carbocycles. The average Bonchev–Trinajstić information content (AvgIpc) is 2.95. The molecule has 1 N–H and O–H groups in total. The fourth-order valence-corrected chi connectivity index (χ4v) is 3.22. The second-order valence-corrected chi connectivity index (χ2v) is 5.27. The maximum atomic E-state index is 10.7. The van der Waals surface area contributed by atoms with Gasteiger partial charge in [0, 0.05) is 17.4 Å². The molecule has 3 rings (SSSR count). The van der Waals surface area contributed by atoms with Gasteiger partial charge in [0.05, 0.1) is 12.0 Å². The maximum absolute atomic E-state index is 10.7. The summed E-state index contributed by atoms with van der Waals surface area (Å²) >= 11 is 1.59. The highest BCUT2D eigenvalue weighted by Gasteiger charge is 2.20. The smallest absolute Gasteiger partial charge is 0.328 e. The number of furan rings is 1. The topological polar surface area (TPSA) is 63.3 Å². The number of nitrogens with zero attached hydrogens (tertiary/aromatic N) is 1. The van der Waals surface area contributed by atoms with Crippen LogP contribution in [0.5, 0.6) is 0 Å². The molecule has 5 heteroatoms. The third kappa shape index (κ3) is 2.09. The first-order valence-corrected chi connectivity index (χ1v) is 6.49. The summed E-state index contributed by atoms with van der Waals surface area (Å²) in [7, 11) is 0. The van der Waals surface area contributed by atoms with Crippen molar-refractivity contribution in [3.8, 4) is 10.8 Å². The fraction of sp³-hybridized carbons (Fsp3) is 0.231. The summed E-state index contributed by atoms with van der Waals surface area (Å²) in [5.41, 5.74) is 2.04. The molecule has 0 saturated heterocycles. The molecule has 0 spiro atoms. The van der Waals surface area contributed by atoms with Gasteiger partial charge in [0.15, 0.2) is 10.8 Å². The lowest BCUT2D eigenvalue weighted by molar-refractivity contribution is -0.131. The highest BCUT2D eigenvalue weighted by Crippen LogP contribution is 2.34. The zero-order valence-corrected chi connectivity index (χ0v) is 10.4. The molecule has 18 heavy (non-hydrogen) atoms. The van der Waals surface area contributed by atoms with Crippen molar-refractivity contribution in [2.24, 2.45) is 0 Å². The standard InChI is InChI=1S/C13H11NO3S/c15-12(16)7-8-3-4-9-11(6-8)18-13(14-9)10-2-1-5-17-10/h1-2,5,7H,3-4,6H2,(H,15,16)/b8-7+. The van der Waals surface area contributed by atoms with Crippen LogP contribution >= 0.6 is 11.3 Å². The Bertz CT molecular complexity index is 610. The molecule has 0 fully saturated rings. The Hall–Kier alpha value is -1.88. The third-order valence-electron chi connectivity index (χ3n) is 2.91. The van der Waals surface area contributed by atoms with Crippen molar-refractivity contribution in [3.63, 3.8) is 0 Å². The van der Waals surface area contributed by atoms with Crippen LogP contribution in [0, 0.1) is 0 Å². The molecule has 2 aromatic rings. The first-order chi connectivity index (χ1) is 8.72. The Kier molecular flexibility index (Phi) is 2.76. The van der Waals surface area contributed by atoms with E-state index in [1.54, 1.807) is 17.6 Å². The first kappa shape index (κ1) is 11.2. The van der Waals surface area contributed by atoms with Gasteiger partial charge in [0.1, 0.15) is 0 Å². The Morgan fingerprint density at radius 3 is 3.11 bits per heavy atom. The van der Waals surface area contributed by atoms with E-state index in [0.717, 1.165) is 39.8 Å². The van der Waals surface area contributed by atoms with E-state index in [-0.39, 0.29) is 0 Å². The van der Waals surface area contributed by atoms with Crippen LogP contribution in [0.3, 0.4) is 0 Å². The summed E-state index contributed by atoms with van der Waals surface area (Å²) in [4.78, 5) is 16.4. The number of carboxylic acid groups (broad SMARTS) is 1. The molecule has 0 aromatic carbocycles. The maximum Gasteiger partial charge on any atom is 0.328 e. The van der Waals surface area contributed by atoms with Gasteiger partial charge >= 0.3 is 5.97 Å². The second kappa shape index (κ2) is 4.42. The van der Waals surface area contributed by atoms with E-state index in [1.165, 1.54) is 6.08 Å². The van der Waals surface area contributed by atoms with E-state index in [4.69, 9.17) is 9.52 Å². The predicted molar refractivity (Wildman–Crippen MR) is 67.6 cm³/mol. The molecule has 2 aromatic heterocycles. The Morgan fingerprint density at radius 2 is 2.39 bits per heavy atom. The molecule has 4 nitrogen and oxygen atoms in total. The van der Waals surface area contributed by atoms with Gasteiger partial charge in [0.2, 0.25) is 0 Å². The lowest BCUT2D eigenvalue weighted by atomic mass is 9.97. The first-order valence-electron chi connectivity index (χ1n) is 5.67. The van der Waals surface area contributed by atoms with Crippen LogP contribution < -0.4 is 0 Å². The number of hydrogen-bond donors (Lipinski definition) is 1. The summed E-state index contributed by atoms with van der Waals surface area (Å²) in [6, 6.07) is 3.73. The minimum absolute atomic E-state index is 0.694. The SMILES string of the molecule is O=C(O)/C=C1\CCc2nc(-c3ccco3)sc2C1. The summed E-state index contributed by atoms with van der Waals surface area (Å²) in [6.07, 6.45) is 5.23. The minimum Gasteiger partial charge on any atom is -0.478 e. The number of carbonyl (C=O) groups is 1. The van der Waals surface area contributed by atoms with Crippen molar-refractivity contribution < 1.29 is 14.3 Å². The number of aryl methyl sites for hydroxylation is 1. The third-order valence-corrected chi connectivity index (χ3v) is 4.02.